The van der Waals surface area contributed by atoms with Crippen LogP contribution in [0.15, 0.2) is 48.8 Å². The fraction of sp³-hybridized carbons (Fsp3) is 0.333. The molecule has 0 radical (unpaired) electrons. The molecule has 1 unspecified atom stereocenters. The molecule has 1 aromatic heterocycles. The summed E-state index contributed by atoms with van der Waals surface area (Å²) < 4.78 is 22.8. The molecule has 0 spiro atoms. The zero-order chi connectivity index (χ0) is 21.9. The Morgan fingerprint density at radius 3 is 2.91 bits per heavy atom. The first-order valence-corrected chi connectivity index (χ1v) is 10.7. The molecule has 0 aliphatic carbocycles. The van der Waals surface area contributed by atoms with E-state index >= 15 is 0 Å². The van der Waals surface area contributed by atoms with Gasteiger partial charge in [0.25, 0.3) is 0 Å². The van der Waals surface area contributed by atoms with Crippen molar-refractivity contribution in [2.75, 3.05) is 32.2 Å². The first-order valence-electron chi connectivity index (χ1n) is 10.7. The molecule has 1 fully saturated rings. The van der Waals surface area contributed by atoms with Crippen molar-refractivity contribution in [1.82, 2.24) is 10.2 Å². The van der Waals surface area contributed by atoms with E-state index in [0.717, 1.165) is 34.6 Å². The lowest BCUT2D eigenvalue weighted by Crippen LogP contribution is -2.32. The second-order valence-corrected chi connectivity index (χ2v) is 7.98. The second kappa shape index (κ2) is 8.92. The topological polar surface area (TPSA) is 94.7 Å². The normalized spacial score (nSPS) is 19.7. The Morgan fingerprint density at radius 2 is 2.12 bits per heavy atom. The van der Waals surface area contributed by atoms with Gasteiger partial charge in [-0.25, -0.2) is 0 Å². The summed E-state index contributed by atoms with van der Waals surface area (Å²) in [6.45, 7) is 1.54. The smallest absolute Gasteiger partial charge is 0.231 e. The highest BCUT2D eigenvalue weighted by Gasteiger charge is 2.28. The van der Waals surface area contributed by atoms with Gasteiger partial charge >= 0.3 is 0 Å². The SMILES string of the molecule is COc1ccc2c(c1)CC(C(=O)Nc1ccc(-c3cn[nH]c3)cc1O[C@H]1CCOC1)CO2. The zero-order valence-electron chi connectivity index (χ0n) is 17.8. The minimum Gasteiger partial charge on any atom is -0.497 e. The summed E-state index contributed by atoms with van der Waals surface area (Å²) in [5, 5.41) is 9.89. The number of nitrogens with zero attached hydrogens (tertiary/aromatic N) is 1. The van der Waals surface area contributed by atoms with Crippen LogP contribution in [-0.4, -0.2) is 49.1 Å². The lowest BCUT2D eigenvalue weighted by atomic mass is 9.95. The second-order valence-electron chi connectivity index (χ2n) is 7.98. The Hall–Kier alpha value is -3.52. The average molecular weight is 435 g/mol. The highest BCUT2D eigenvalue weighted by Crippen LogP contribution is 2.34. The Morgan fingerprint density at radius 1 is 1.19 bits per heavy atom. The van der Waals surface area contributed by atoms with Gasteiger partial charge in [-0.1, -0.05) is 6.07 Å². The predicted molar refractivity (Wildman–Crippen MR) is 118 cm³/mol. The highest BCUT2D eigenvalue weighted by atomic mass is 16.5. The van der Waals surface area contributed by atoms with Crippen LogP contribution in [0.5, 0.6) is 17.2 Å². The Kier molecular flexibility index (Phi) is 5.68. The fourth-order valence-electron chi connectivity index (χ4n) is 4.00. The number of rotatable bonds is 6. The van der Waals surface area contributed by atoms with E-state index < -0.39 is 0 Å². The number of H-pyrrole nitrogens is 1. The molecule has 32 heavy (non-hydrogen) atoms. The van der Waals surface area contributed by atoms with E-state index in [9.17, 15) is 4.79 Å². The van der Waals surface area contributed by atoms with E-state index in [1.807, 2.05) is 42.6 Å². The third-order valence-electron chi connectivity index (χ3n) is 5.80. The molecule has 2 N–H and O–H groups in total. The Labute approximate surface area is 185 Å². The highest BCUT2D eigenvalue weighted by molar-refractivity contribution is 5.95. The van der Waals surface area contributed by atoms with Gasteiger partial charge in [0.2, 0.25) is 5.91 Å². The Balaban J connectivity index is 1.36. The van der Waals surface area contributed by atoms with Gasteiger partial charge < -0.3 is 24.3 Å². The van der Waals surface area contributed by atoms with E-state index in [1.54, 1.807) is 13.3 Å². The summed E-state index contributed by atoms with van der Waals surface area (Å²) in [6.07, 6.45) is 4.93. The monoisotopic (exact) mass is 435 g/mol. The molecule has 5 rings (SSSR count). The maximum Gasteiger partial charge on any atom is 0.231 e. The molecular weight excluding hydrogens is 410 g/mol. The van der Waals surface area contributed by atoms with Crippen molar-refractivity contribution < 1.29 is 23.7 Å². The molecule has 2 aliphatic rings. The molecule has 166 valence electrons. The van der Waals surface area contributed by atoms with Crippen molar-refractivity contribution >= 4 is 11.6 Å². The van der Waals surface area contributed by atoms with Gasteiger partial charge in [0.1, 0.15) is 30.0 Å². The van der Waals surface area contributed by atoms with Crippen LogP contribution in [0.1, 0.15) is 12.0 Å². The number of fused-ring (bicyclic) bond motifs is 1. The van der Waals surface area contributed by atoms with Crippen LogP contribution in [0.4, 0.5) is 5.69 Å². The van der Waals surface area contributed by atoms with Gasteiger partial charge in [0, 0.05) is 18.2 Å². The lowest BCUT2D eigenvalue weighted by Gasteiger charge is -2.25. The van der Waals surface area contributed by atoms with Gasteiger partial charge in [-0.05, 0) is 47.9 Å². The fourth-order valence-corrected chi connectivity index (χ4v) is 4.00. The molecule has 0 bridgehead atoms. The molecule has 8 heteroatoms. The number of nitrogens with one attached hydrogen (secondary N) is 2. The number of benzene rings is 2. The molecule has 1 amide bonds. The number of hydrogen-bond acceptors (Lipinski definition) is 6. The Bertz CT molecular complexity index is 1090. The third kappa shape index (κ3) is 4.27. The van der Waals surface area contributed by atoms with Gasteiger partial charge in [-0.15, -0.1) is 0 Å². The van der Waals surface area contributed by atoms with Crippen LogP contribution >= 0.6 is 0 Å². The predicted octanol–water partition coefficient (Wildman–Crippen LogP) is 3.44. The van der Waals surface area contributed by atoms with E-state index in [-0.39, 0.29) is 17.9 Å². The number of aromatic amines is 1. The average Bonchev–Trinajstić information content (AvgIpc) is 3.54. The van der Waals surface area contributed by atoms with Crippen molar-refractivity contribution in [3.63, 3.8) is 0 Å². The minimum absolute atomic E-state index is 0.0393. The van der Waals surface area contributed by atoms with Crippen LogP contribution in [0.2, 0.25) is 0 Å². The summed E-state index contributed by atoms with van der Waals surface area (Å²) in [5.41, 5.74) is 3.49. The van der Waals surface area contributed by atoms with Gasteiger partial charge in [0.05, 0.1) is 38.1 Å². The van der Waals surface area contributed by atoms with Crippen LogP contribution in [0.3, 0.4) is 0 Å². The number of hydrogen-bond donors (Lipinski definition) is 2. The van der Waals surface area contributed by atoms with Crippen LogP contribution in [0.25, 0.3) is 11.1 Å². The van der Waals surface area contributed by atoms with Crippen molar-refractivity contribution in [1.29, 1.82) is 0 Å². The van der Waals surface area contributed by atoms with Crippen LogP contribution in [0, 0.1) is 5.92 Å². The lowest BCUT2D eigenvalue weighted by molar-refractivity contribution is -0.121. The number of anilines is 1. The van der Waals surface area contributed by atoms with Gasteiger partial charge in [0.15, 0.2) is 0 Å². The zero-order valence-corrected chi connectivity index (χ0v) is 17.8. The van der Waals surface area contributed by atoms with Crippen molar-refractivity contribution in [2.45, 2.75) is 18.9 Å². The van der Waals surface area contributed by atoms with Crippen LogP contribution in [-0.2, 0) is 16.0 Å². The minimum atomic E-state index is -0.314. The third-order valence-corrected chi connectivity index (χ3v) is 5.80. The van der Waals surface area contributed by atoms with Gasteiger partial charge in [-0.2, -0.15) is 5.10 Å². The largest absolute Gasteiger partial charge is 0.497 e. The summed E-state index contributed by atoms with van der Waals surface area (Å²) >= 11 is 0. The quantitative estimate of drug-likeness (QED) is 0.616. The number of ether oxygens (including phenoxy) is 4. The number of amides is 1. The maximum atomic E-state index is 13.1. The molecule has 3 aromatic rings. The molecule has 3 heterocycles. The van der Waals surface area contributed by atoms with E-state index in [4.69, 9.17) is 18.9 Å². The first kappa shape index (κ1) is 20.4. The number of aromatic nitrogens is 2. The number of methoxy groups -OCH3 is 1. The molecule has 2 aromatic carbocycles. The number of carbonyl (C=O) groups excluding carboxylic acids is 1. The first-order chi connectivity index (χ1) is 15.7. The molecule has 2 atom stereocenters. The van der Waals surface area contributed by atoms with E-state index in [1.165, 1.54) is 0 Å². The molecule has 8 nitrogen and oxygen atoms in total. The molecule has 0 saturated carbocycles. The summed E-state index contributed by atoms with van der Waals surface area (Å²) in [4.78, 5) is 13.1. The van der Waals surface area contributed by atoms with Crippen molar-refractivity contribution in [3.05, 3.63) is 54.4 Å². The van der Waals surface area contributed by atoms with Crippen molar-refractivity contribution in [2.24, 2.45) is 5.92 Å². The number of carbonyl (C=O) groups is 1. The maximum absolute atomic E-state index is 13.1. The standard InChI is InChI=1S/C24H25N3O5/c1-29-19-3-5-22-16(9-19)8-17(13-31-22)24(28)27-21-4-2-15(18-11-25-26-12-18)10-23(21)32-20-6-7-30-14-20/h2-5,9-12,17,20H,6-8,13-14H2,1H3,(H,25,26)(H,27,28)/t17?,20-/m0/s1. The summed E-state index contributed by atoms with van der Waals surface area (Å²) in [5.74, 6) is 1.74. The van der Waals surface area contributed by atoms with Crippen molar-refractivity contribution in [3.8, 4) is 28.4 Å². The molecule has 2 aliphatic heterocycles. The molecule has 1 saturated heterocycles. The van der Waals surface area contributed by atoms with Gasteiger partial charge in [-0.3, -0.25) is 9.89 Å². The summed E-state index contributed by atoms with van der Waals surface area (Å²) in [7, 11) is 1.62. The summed E-state index contributed by atoms with van der Waals surface area (Å²) in [6, 6.07) is 11.4. The van der Waals surface area contributed by atoms with Crippen LogP contribution < -0.4 is 19.5 Å². The van der Waals surface area contributed by atoms with E-state index in [2.05, 4.69) is 15.5 Å². The van der Waals surface area contributed by atoms with E-state index in [0.29, 0.717) is 37.7 Å². The molecular formula is C24H25N3O5.